The standard InChI is InChI=1S/C15H13FN4O/c1-20-14-7-11(4-2-9(14)8-18-20)19-15(21)12-6-10(16)3-5-13(12)17/h2-8H,17H2,1H3,(H,19,21). The lowest BCUT2D eigenvalue weighted by molar-refractivity contribution is 0.102. The first-order chi connectivity index (χ1) is 10.0. The number of nitrogens with one attached hydrogen (secondary N) is 1. The zero-order valence-electron chi connectivity index (χ0n) is 11.3. The van der Waals surface area contributed by atoms with E-state index in [0.29, 0.717) is 5.69 Å². The Morgan fingerprint density at radius 2 is 2.10 bits per heavy atom. The van der Waals surface area contributed by atoms with Crippen molar-refractivity contribution >= 4 is 28.2 Å². The van der Waals surface area contributed by atoms with E-state index >= 15 is 0 Å². The number of rotatable bonds is 2. The van der Waals surface area contributed by atoms with E-state index in [0.717, 1.165) is 17.0 Å². The van der Waals surface area contributed by atoms with Gasteiger partial charge in [-0.15, -0.1) is 0 Å². The van der Waals surface area contributed by atoms with Crippen LogP contribution in [-0.2, 0) is 7.05 Å². The molecule has 6 heteroatoms. The summed E-state index contributed by atoms with van der Waals surface area (Å²) in [6, 6.07) is 9.12. The lowest BCUT2D eigenvalue weighted by Gasteiger charge is -2.08. The van der Waals surface area contributed by atoms with Crippen LogP contribution in [0.15, 0.2) is 42.6 Å². The van der Waals surface area contributed by atoms with E-state index in [1.54, 1.807) is 23.0 Å². The summed E-state index contributed by atoms with van der Waals surface area (Å²) in [5.41, 5.74) is 7.53. The normalized spacial score (nSPS) is 10.8. The predicted octanol–water partition coefficient (Wildman–Crippen LogP) is 2.55. The Bertz CT molecular complexity index is 841. The number of nitrogens with two attached hydrogens (primary N) is 1. The number of hydrogen-bond acceptors (Lipinski definition) is 3. The number of carbonyl (C=O) groups excluding carboxylic acids is 1. The van der Waals surface area contributed by atoms with E-state index < -0.39 is 11.7 Å². The fourth-order valence-corrected chi connectivity index (χ4v) is 2.15. The molecule has 0 bridgehead atoms. The first-order valence-electron chi connectivity index (χ1n) is 6.33. The van der Waals surface area contributed by atoms with Crippen molar-refractivity contribution in [2.45, 2.75) is 0 Å². The number of anilines is 2. The minimum Gasteiger partial charge on any atom is -0.398 e. The molecule has 0 saturated carbocycles. The Labute approximate surface area is 120 Å². The van der Waals surface area contributed by atoms with Gasteiger partial charge in [-0.25, -0.2) is 4.39 Å². The second-order valence-corrected chi connectivity index (χ2v) is 4.73. The van der Waals surface area contributed by atoms with E-state index in [1.807, 2.05) is 13.1 Å². The molecule has 1 aromatic heterocycles. The highest BCUT2D eigenvalue weighted by molar-refractivity contribution is 6.08. The van der Waals surface area contributed by atoms with Gasteiger partial charge in [-0.2, -0.15) is 5.10 Å². The zero-order chi connectivity index (χ0) is 15.0. The Hall–Kier alpha value is -2.89. The van der Waals surface area contributed by atoms with E-state index in [1.165, 1.54) is 12.1 Å². The van der Waals surface area contributed by atoms with Gasteiger partial charge in [-0.05, 0) is 36.4 Å². The summed E-state index contributed by atoms with van der Waals surface area (Å²) < 4.78 is 14.9. The van der Waals surface area contributed by atoms with Gasteiger partial charge in [0.2, 0.25) is 0 Å². The minimum absolute atomic E-state index is 0.111. The Morgan fingerprint density at radius 1 is 1.29 bits per heavy atom. The minimum atomic E-state index is -0.503. The highest BCUT2D eigenvalue weighted by atomic mass is 19.1. The molecular formula is C15H13FN4O. The molecular weight excluding hydrogens is 271 g/mol. The van der Waals surface area contributed by atoms with Gasteiger partial charge in [0.15, 0.2) is 0 Å². The summed E-state index contributed by atoms with van der Waals surface area (Å²) in [6.07, 6.45) is 1.74. The number of fused-ring (bicyclic) bond motifs is 1. The van der Waals surface area contributed by atoms with Crippen molar-refractivity contribution in [3.8, 4) is 0 Å². The average molecular weight is 284 g/mol. The molecule has 0 atom stereocenters. The molecule has 0 unspecified atom stereocenters. The van der Waals surface area contributed by atoms with E-state index in [4.69, 9.17) is 5.73 Å². The van der Waals surface area contributed by atoms with E-state index in [9.17, 15) is 9.18 Å². The van der Waals surface area contributed by atoms with Crippen molar-refractivity contribution in [3.05, 3.63) is 54.0 Å². The number of amides is 1. The Balaban J connectivity index is 1.92. The van der Waals surface area contributed by atoms with Gasteiger partial charge in [0.05, 0.1) is 17.3 Å². The van der Waals surface area contributed by atoms with Gasteiger partial charge in [0.1, 0.15) is 5.82 Å². The monoisotopic (exact) mass is 284 g/mol. The second kappa shape index (κ2) is 4.90. The maximum absolute atomic E-state index is 13.2. The predicted molar refractivity (Wildman–Crippen MR) is 79.5 cm³/mol. The second-order valence-electron chi connectivity index (χ2n) is 4.73. The van der Waals surface area contributed by atoms with Crippen molar-refractivity contribution in [2.75, 3.05) is 11.1 Å². The number of benzene rings is 2. The molecule has 0 aliphatic heterocycles. The van der Waals surface area contributed by atoms with Crippen molar-refractivity contribution < 1.29 is 9.18 Å². The highest BCUT2D eigenvalue weighted by Gasteiger charge is 2.12. The van der Waals surface area contributed by atoms with Crippen LogP contribution in [0.5, 0.6) is 0 Å². The molecule has 2 aromatic carbocycles. The van der Waals surface area contributed by atoms with Crippen LogP contribution in [-0.4, -0.2) is 15.7 Å². The topological polar surface area (TPSA) is 72.9 Å². The van der Waals surface area contributed by atoms with Gasteiger partial charge in [-0.3, -0.25) is 9.48 Å². The van der Waals surface area contributed by atoms with Crippen LogP contribution in [0.1, 0.15) is 10.4 Å². The molecule has 0 radical (unpaired) electrons. The summed E-state index contributed by atoms with van der Waals surface area (Å²) in [4.78, 5) is 12.2. The fraction of sp³-hybridized carbons (Fsp3) is 0.0667. The van der Waals surface area contributed by atoms with Crippen LogP contribution in [0, 0.1) is 5.82 Å². The summed E-state index contributed by atoms with van der Waals surface area (Å²) in [5.74, 6) is -0.954. The molecule has 1 amide bonds. The SMILES string of the molecule is Cn1ncc2ccc(NC(=O)c3cc(F)ccc3N)cc21. The number of nitrogen functional groups attached to an aromatic ring is 1. The fourth-order valence-electron chi connectivity index (χ4n) is 2.15. The number of halogens is 1. The first kappa shape index (κ1) is 13.1. The van der Waals surface area contributed by atoms with Gasteiger partial charge >= 0.3 is 0 Å². The van der Waals surface area contributed by atoms with Crippen molar-refractivity contribution in [1.29, 1.82) is 0 Å². The Kier molecular flexibility index (Phi) is 3.06. The number of carbonyl (C=O) groups is 1. The molecule has 0 aliphatic carbocycles. The third-order valence-electron chi connectivity index (χ3n) is 3.27. The molecule has 3 rings (SSSR count). The van der Waals surface area contributed by atoms with Gasteiger partial charge < -0.3 is 11.1 Å². The largest absolute Gasteiger partial charge is 0.398 e. The van der Waals surface area contributed by atoms with Crippen LogP contribution in [0.25, 0.3) is 10.9 Å². The quantitative estimate of drug-likeness (QED) is 0.710. The molecule has 5 nitrogen and oxygen atoms in total. The summed E-state index contributed by atoms with van der Waals surface area (Å²) in [6.45, 7) is 0. The average Bonchev–Trinajstić information content (AvgIpc) is 2.83. The van der Waals surface area contributed by atoms with E-state index in [2.05, 4.69) is 10.4 Å². The molecule has 21 heavy (non-hydrogen) atoms. The highest BCUT2D eigenvalue weighted by Crippen LogP contribution is 2.20. The molecule has 1 heterocycles. The summed E-state index contributed by atoms with van der Waals surface area (Å²) >= 11 is 0. The number of nitrogens with zero attached hydrogens (tertiary/aromatic N) is 2. The number of aryl methyl sites for hydroxylation is 1. The van der Waals surface area contributed by atoms with Crippen LogP contribution in [0.4, 0.5) is 15.8 Å². The first-order valence-corrected chi connectivity index (χ1v) is 6.33. The van der Waals surface area contributed by atoms with Crippen molar-refractivity contribution in [1.82, 2.24) is 9.78 Å². The third kappa shape index (κ3) is 2.43. The molecule has 0 spiro atoms. The van der Waals surface area contributed by atoms with Gasteiger partial charge in [0, 0.05) is 23.8 Å². The molecule has 0 saturated heterocycles. The number of aromatic nitrogens is 2. The van der Waals surface area contributed by atoms with Crippen LogP contribution in [0.3, 0.4) is 0 Å². The van der Waals surface area contributed by atoms with E-state index in [-0.39, 0.29) is 11.3 Å². The lowest BCUT2D eigenvalue weighted by Crippen LogP contribution is -2.14. The summed E-state index contributed by atoms with van der Waals surface area (Å²) in [5, 5.41) is 7.82. The Morgan fingerprint density at radius 3 is 2.90 bits per heavy atom. The van der Waals surface area contributed by atoms with Crippen molar-refractivity contribution in [2.24, 2.45) is 7.05 Å². The molecule has 0 aliphatic rings. The molecule has 0 fully saturated rings. The maximum Gasteiger partial charge on any atom is 0.257 e. The van der Waals surface area contributed by atoms with Crippen LogP contribution < -0.4 is 11.1 Å². The van der Waals surface area contributed by atoms with Crippen LogP contribution >= 0.6 is 0 Å². The zero-order valence-corrected chi connectivity index (χ0v) is 11.3. The van der Waals surface area contributed by atoms with Crippen LogP contribution in [0.2, 0.25) is 0 Å². The molecule has 3 aromatic rings. The van der Waals surface area contributed by atoms with Gasteiger partial charge in [0.25, 0.3) is 5.91 Å². The molecule has 3 N–H and O–H groups in total. The molecule has 106 valence electrons. The smallest absolute Gasteiger partial charge is 0.257 e. The number of hydrogen-bond donors (Lipinski definition) is 2. The van der Waals surface area contributed by atoms with Gasteiger partial charge in [-0.1, -0.05) is 0 Å². The summed E-state index contributed by atoms with van der Waals surface area (Å²) in [7, 11) is 1.82. The third-order valence-corrected chi connectivity index (χ3v) is 3.27. The van der Waals surface area contributed by atoms with Crippen molar-refractivity contribution in [3.63, 3.8) is 0 Å². The maximum atomic E-state index is 13.2. The lowest BCUT2D eigenvalue weighted by atomic mass is 10.1.